The number of anilines is 1. The van der Waals surface area contributed by atoms with Crippen molar-refractivity contribution in [2.45, 2.75) is 11.8 Å². The number of para-hydroxylation sites is 1. The molecule has 136 valence electrons. The fourth-order valence-electron chi connectivity index (χ4n) is 3.17. The quantitative estimate of drug-likeness (QED) is 0.758. The van der Waals surface area contributed by atoms with Gasteiger partial charge in [-0.2, -0.15) is 0 Å². The number of sulfone groups is 1. The molecule has 0 radical (unpaired) electrons. The van der Waals surface area contributed by atoms with E-state index in [2.05, 4.69) is 6.58 Å². The van der Waals surface area contributed by atoms with E-state index in [4.69, 9.17) is 4.74 Å². The van der Waals surface area contributed by atoms with E-state index < -0.39 is 15.3 Å². The Labute approximate surface area is 153 Å². The van der Waals surface area contributed by atoms with E-state index in [1.54, 1.807) is 24.0 Å². The topological polar surface area (TPSA) is 63.7 Å². The highest BCUT2D eigenvalue weighted by Gasteiger charge is 2.46. The summed E-state index contributed by atoms with van der Waals surface area (Å²) in [7, 11) is -2.06. The van der Waals surface area contributed by atoms with Crippen molar-refractivity contribution in [3.63, 3.8) is 0 Å². The van der Waals surface area contributed by atoms with Gasteiger partial charge in [-0.3, -0.25) is 4.79 Å². The van der Waals surface area contributed by atoms with Crippen LogP contribution in [0.2, 0.25) is 0 Å². The van der Waals surface area contributed by atoms with Crippen LogP contribution in [-0.4, -0.2) is 33.7 Å². The maximum absolute atomic E-state index is 12.9. The number of amides is 1. The molecule has 1 amide bonds. The monoisotopic (exact) mass is 371 g/mol. The molecule has 0 bridgehead atoms. The largest absolute Gasteiger partial charge is 0.497 e. The molecule has 3 rings (SSSR count). The molecule has 26 heavy (non-hydrogen) atoms. The third-order valence-electron chi connectivity index (χ3n) is 4.73. The van der Waals surface area contributed by atoms with Crippen LogP contribution < -0.4 is 9.64 Å². The first kappa shape index (κ1) is 18.2. The van der Waals surface area contributed by atoms with E-state index >= 15 is 0 Å². The lowest BCUT2D eigenvalue weighted by Crippen LogP contribution is -2.32. The summed E-state index contributed by atoms with van der Waals surface area (Å²) in [5, 5.41) is 0. The number of carbonyl (C=O) groups is 1. The Hall–Kier alpha value is -2.60. The molecule has 0 aliphatic carbocycles. The average molecular weight is 371 g/mol. The third kappa shape index (κ3) is 3.24. The van der Waals surface area contributed by atoms with Gasteiger partial charge in [0.05, 0.1) is 17.8 Å². The Morgan fingerprint density at radius 2 is 1.73 bits per heavy atom. The second kappa shape index (κ2) is 6.61. The van der Waals surface area contributed by atoms with Gasteiger partial charge in [0.2, 0.25) is 0 Å². The van der Waals surface area contributed by atoms with Crippen molar-refractivity contribution >= 4 is 21.4 Å². The van der Waals surface area contributed by atoms with Crippen molar-refractivity contribution in [2.75, 3.05) is 24.3 Å². The van der Waals surface area contributed by atoms with E-state index in [1.807, 2.05) is 30.3 Å². The highest BCUT2D eigenvalue weighted by molar-refractivity contribution is 7.91. The van der Waals surface area contributed by atoms with E-state index in [0.29, 0.717) is 11.3 Å². The number of ether oxygens (including phenoxy) is 1. The van der Waals surface area contributed by atoms with Gasteiger partial charge in [0.25, 0.3) is 5.91 Å². The van der Waals surface area contributed by atoms with Gasteiger partial charge in [0, 0.05) is 23.2 Å². The molecule has 1 saturated heterocycles. The van der Waals surface area contributed by atoms with Gasteiger partial charge >= 0.3 is 0 Å². The molecule has 2 aromatic rings. The number of carbonyl (C=O) groups excluding carboxylic acids is 1. The first-order valence-electron chi connectivity index (χ1n) is 8.20. The number of nitrogens with zero attached hydrogens (tertiary/aromatic N) is 1. The lowest BCUT2D eigenvalue weighted by Gasteiger charge is -2.24. The highest BCUT2D eigenvalue weighted by atomic mass is 32.2. The number of benzene rings is 2. The molecule has 6 heteroatoms. The van der Waals surface area contributed by atoms with E-state index in [-0.39, 0.29) is 23.1 Å². The summed E-state index contributed by atoms with van der Waals surface area (Å²) in [6.07, 6.45) is 0. The van der Waals surface area contributed by atoms with Crippen LogP contribution in [0.4, 0.5) is 5.69 Å². The number of rotatable bonds is 5. The normalized spacial score (nSPS) is 20.5. The van der Waals surface area contributed by atoms with Crippen LogP contribution >= 0.6 is 0 Å². The molecule has 0 saturated carbocycles. The fraction of sp³-hybridized carbons (Fsp3) is 0.250. The van der Waals surface area contributed by atoms with Gasteiger partial charge in [0.15, 0.2) is 9.84 Å². The molecule has 0 aromatic heterocycles. The van der Waals surface area contributed by atoms with Crippen molar-refractivity contribution in [1.82, 2.24) is 0 Å². The molecular weight excluding hydrogens is 350 g/mol. The van der Waals surface area contributed by atoms with Crippen LogP contribution in [0.1, 0.15) is 6.92 Å². The van der Waals surface area contributed by atoms with E-state index in [1.165, 1.54) is 19.2 Å². The Morgan fingerprint density at radius 1 is 1.12 bits per heavy atom. The Morgan fingerprint density at radius 3 is 2.31 bits per heavy atom. The van der Waals surface area contributed by atoms with Gasteiger partial charge in [-0.25, -0.2) is 8.42 Å². The van der Waals surface area contributed by atoms with Gasteiger partial charge in [-0.05, 0) is 36.4 Å². The predicted octanol–water partition coefficient (Wildman–Crippen LogP) is 3.08. The first-order valence-corrected chi connectivity index (χ1v) is 9.85. The van der Waals surface area contributed by atoms with Gasteiger partial charge in [-0.15, -0.1) is 0 Å². The van der Waals surface area contributed by atoms with Crippen LogP contribution in [0.3, 0.4) is 0 Å². The van der Waals surface area contributed by atoms with Crippen LogP contribution in [0.15, 0.2) is 71.6 Å². The SMILES string of the molecule is C=C1C(=O)N(c2ccccc2)CC1(C)CS(=O)(=O)c1ccc(OC)cc1. The summed E-state index contributed by atoms with van der Waals surface area (Å²) in [4.78, 5) is 14.4. The minimum absolute atomic E-state index is 0.180. The van der Waals surface area contributed by atoms with Crippen LogP contribution in [-0.2, 0) is 14.6 Å². The Kier molecular flexibility index (Phi) is 4.63. The lowest BCUT2D eigenvalue weighted by molar-refractivity contribution is -0.114. The standard InChI is InChI=1S/C20H21NO4S/c1-15-19(22)21(16-7-5-4-6-8-16)13-20(15,2)14-26(23,24)18-11-9-17(25-3)10-12-18/h4-12H,1,13-14H2,2-3H3. The lowest BCUT2D eigenvalue weighted by atomic mass is 9.88. The minimum atomic E-state index is -3.58. The number of hydrogen-bond donors (Lipinski definition) is 0. The third-order valence-corrected chi connectivity index (χ3v) is 6.74. The van der Waals surface area contributed by atoms with E-state index in [9.17, 15) is 13.2 Å². The summed E-state index contributed by atoms with van der Waals surface area (Å²) in [6, 6.07) is 15.5. The van der Waals surface area contributed by atoms with Crippen molar-refractivity contribution < 1.29 is 17.9 Å². The predicted molar refractivity (Wildman–Crippen MR) is 101 cm³/mol. The molecule has 2 aromatic carbocycles. The minimum Gasteiger partial charge on any atom is -0.497 e. The molecule has 5 nitrogen and oxygen atoms in total. The summed E-state index contributed by atoms with van der Waals surface area (Å²) in [6.45, 7) is 5.95. The number of methoxy groups -OCH3 is 1. The summed E-state index contributed by atoms with van der Waals surface area (Å²) < 4.78 is 30.8. The zero-order valence-corrected chi connectivity index (χ0v) is 15.6. The zero-order chi connectivity index (χ0) is 18.9. The molecule has 0 spiro atoms. The second-order valence-corrected chi connectivity index (χ2v) is 8.69. The summed E-state index contributed by atoms with van der Waals surface area (Å²) in [5.41, 5.74) is 0.203. The number of hydrogen-bond acceptors (Lipinski definition) is 4. The van der Waals surface area contributed by atoms with Crippen molar-refractivity contribution in [1.29, 1.82) is 0 Å². The zero-order valence-electron chi connectivity index (χ0n) is 14.8. The van der Waals surface area contributed by atoms with Gasteiger partial charge < -0.3 is 9.64 Å². The Bertz CT molecular complexity index is 936. The second-order valence-electron chi connectivity index (χ2n) is 6.70. The maximum atomic E-state index is 12.9. The van der Waals surface area contributed by atoms with Crippen LogP contribution in [0.5, 0.6) is 5.75 Å². The molecule has 1 unspecified atom stereocenters. The van der Waals surface area contributed by atoms with Crippen molar-refractivity contribution in [3.05, 3.63) is 66.7 Å². The molecule has 1 atom stereocenters. The molecule has 1 aliphatic rings. The van der Waals surface area contributed by atoms with Gasteiger partial charge in [-0.1, -0.05) is 31.7 Å². The first-order chi connectivity index (χ1) is 12.3. The Balaban J connectivity index is 1.88. The smallest absolute Gasteiger partial charge is 0.254 e. The summed E-state index contributed by atoms with van der Waals surface area (Å²) >= 11 is 0. The average Bonchev–Trinajstić information content (AvgIpc) is 2.86. The maximum Gasteiger partial charge on any atom is 0.254 e. The summed E-state index contributed by atoms with van der Waals surface area (Å²) in [5.74, 6) is 0.176. The molecular formula is C20H21NO4S. The van der Waals surface area contributed by atoms with Crippen LogP contribution in [0.25, 0.3) is 0 Å². The molecule has 0 N–H and O–H groups in total. The molecule has 1 fully saturated rings. The molecule has 1 heterocycles. The van der Waals surface area contributed by atoms with Crippen molar-refractivity contribution in [3.8, 4) is 5.75 Å². The molecule has 1 aliphatic heterocycles. The van der Waals surface area contributed by atoms with Gasteiger partial charge in [0.1, 0.15) is 5.75 Å². The highest BCUT2D eigenvalue weighted by Crippen LogP contribution is 2.40. The van der Waals surface area contributed by atoms with E-state index in [0.717, 1.165) is 5.69 Å². The van der Waals surface area contributed by atoms with Crippen LogP contribution in [0, 0.1) is 5.41 Å². The van der Waals surface area contributed by atoms with Crippen molar-refractivity contribution in [2.24, 2.45) is 5.41 Å². The fourth-order valence-corrected chi connectivity index (χ4v) is 4.99.